The first-order valence-electron chi connectivity index (χ1n) is 3.69. The number of hydrogen-bond donors (Lipinski definition) is 1. The largest absolute Gasteiger partial charge is 0.465 e. The number of methoxy groups -OCH3 is 1. The van der Waals surface area contributed by atoms with Crippen molar-refractivity contribution in [1.82, 2.24) is 0 Å². The molecule has 1 rings (SSSR count). The number of aryl methyl sites for hydroxylation is 1. The van der Waals surface area contributed by atoms with Gasteiger partial charge < -0.3 is 9.62 Å². The van der Waals surface area contributed by atoms with Crippen LogP contribution in [0.5, 0.6) is 5.75 Å². The Morgan fingerprint density at radius 2 is 2.07 bits per heavy atom. The van der Waals surface area contributed by atoms with E-state index in [1.807, 2.05) is 0 Å². The van der Waals surface area contributed by atoms with Gasteiger partial charge in [-0.15, -0.1) is 0 Å². The Morgan fingerprint density at radius 1 is 1.43 bits per heavy atom. The monoisotopic (exact) mass is 233 g/mol. The Hall–Kier alpha value is -0.966. The van der Waals surface area contributed by atoms with Crippen molar-refractivity contribution >= 4 is 5.97 Å². The summed E-state index contributed by atoms with van der Waals surface area (Å²) in [6.07, 6.45) is 0. The molecule has 0 aliphatic rings. The van der Waals surface area contributed by atoms with Gasteiger partial charge in [0.1, 0.15) is 0 Å². The summed E-state index contributed by atoms with van der Waals surface area (Å²) in [5, 5.41) is 8.45. The zero-order chi connectivity index (χ0) is 9.84. The molecule has 1 radical (unpaired) electrons. The Labute approximate surface area is 93.6 Å². The van der Waals surface area contributed by atoms with E-state index in [0.29, 0.717) is 5.56 Å². The molecule has 0 aliphatic carbocycles. The van der Waals surface area contributed by atoms with Crippen LogP contribution in [0.3, 0.4) is 0 Å². The van der Waals surface area contributed by atoms with Crippen LogP contribution in [-0.2, 0) is 23.3 Å². The van der Waals surface area contributed by atoms with Crippen molar-refractivity contribution in [2.75, 3.05) is 7.11 Å². The molecule has 1 N–H and O–H groups in total. The van der Waals surface area contributed by atoms with Crippen molar-refractivity contribution in [2.24, 2.45) is 0 Å². The predicted octanol–water partition coefficient (Wildman–Crippen LogP) is 1.63. The molecule has 0 atom stereocenters. The van der Waals surface area contributed by atoms with Crippen molar-refractivity contribution in [1.29, 1.82) is 0 Å². The van der Waals surface area contributed by atoms with Crippen molar-refractivity contribution < 1.29 is 38.2 Å². The molecule has 0 aromatic heterocycles. The minimum Gasteiger partial charge on any atom is -0.465 e. The minimum absolute atomic E-state index is 0. The summed E-state index contributed by atoms with van der Waals surface area (Å²) in [7, 11) is 1.29. The van der Waals surface area contributed by atoms with Gasteiger partial charge in [-0.05, 0) is 24.6 Å². The van der Waals surface area contributed by atoms with Gasteiger partial charge in [-0.1, -0.05) is 6.07 Å². The molecule has 75 valence electrons. The molecule has 14 heavy (non-hydrogen) atoms. The van der Waals surface area contributed by atoms with E-state index in [0.717, 1.165) is 5.56 Å². The van der Waals surface area contributed by atoms with Crippen LogP contribution in [0.25, 0.3) is 0 Å². The van der Waals surface area contributed by atoms with E-state index in [-0.39, 0.29) is 24.3 Å². The Balaban J connectivity index is 0.00000169. The fraction of sp³-hybridized carbons (Fsp3) is 0.222. The van der Waals surface area contributed by atoms with Gasteiger partial charge in [0.05, 0.1) is 12.7 Å². The van der Waals surface area contributed by atoms with Crippen molar-refractivity contribution in [3.8, 4) is 5.75 Å². The van der Waals surface area contributed by atoms with E-state index in [2.05, 4.69) is 9.62 Å². The molecule has 4 nitrogen and oxygen atoms in total. The van der Waals surface area contributed by atoms with Crippen LogP contribution in [0.1, 0.15) is 15.9 Å². The van der Waals surface area contributed by atoms with Crippen LogP contribution >= 0.6 is 0 Å². The van der Waals surface area contributed by atoms with Gasteiger partial charge >= 0.3 is 5.97 Å². The van der Waals surface area contributed by atoms with Crippen LogP contribution in [-0.4, -0.2) is 18.3 Å². The van der Waals surface area contributed by atoms with Crippen LogP contribution in [0.15, 0.2) is 18.2 Å². The normalized spacial score (nSPS) is 8.79. The Morgan fingerprint density at radius 3 is 2.57 bits per heavy atom. The van der Waals surface area contributed by atoms with Gasteiger partial charge in [0.2, 0.25) is 0 Å². The van der Waals surface area contributed by atoms with Crippen LogP contribution < -0.4 is 4.89 Å². The molecule has 0 saturated heterocycles. The first kappa shape index (κ1) is 13.0. The first-order valence-corrected chi connectivity index (χ1v) is 3.69. The molecule has 0 fully saturated rings. The average molecular weight is 233 g/mol. The average Bonchev–Trinajstić information content (AvgIpc) is 2.17. The molecule has 0 spiro atoms. The number of ether oxygens (including phenoxy) is 1. The number of carbonyl (C=O) groups is 1. The van der Waals surface area contributed by atoms with E-state index in [1.165, 1.54) is 13.2 Å². The quantitative estimate of drug-likeness (QED) is 0.479. The maximum absolute atomic E-state index is 11.0. The maximum atomic E-state index is 11.0. The topological polar surface area (TPSA) is 55.8 Å². The van der Waals surface area contributed by atoms with Crippen LogP contribution in [0.2, 0.25) is 0 Å². The first-order chi connectivity index (χ1) is 6.19. The number of rotatable bonds is 2. The second-order valence-corrected chi connectivity index (χ2v) is 2.56. The summed E-state index contributed by atoms with van der Waals surface area (Å²) < 4.78 is 4.50. The summed E-state index contributed by atoms with van der Waals surface area (Å²) in [4.78, 5) is 15.1. The molecule has 0 saturated carbocycles. The smallest absolute Gasteiger partial charge is 0.337 e. The minimum atomic E-state index is -0.460. The van der Waals surface area contributed by atoms with E-state index in [4.69, 9.17) is 5.26 Å². The molecule has 1 aromatic carbocycles. The van der Waals surface area contributed by atoms with Gasteiger partial charge in [0.15, 0.2) is 5.75 Å². The molecule has 0 amide bonds. The standard InChI is InChI=1S/C9H10O4.V/c1-6-3-4-7(9(10)12-2)5-8(6)13-11;/h3-5,11H,1-2H3;. The van der Waals surface area contributed by atoms with E-state index in [1.54, 1.807) is 19.1 Å². The second-order valence-electron chi connectivity index (χ2n) is 2.56. The summed E-state index contributed by atoms with van der Waals surface area (Å²) in [5.41, 5.74) is 1.09. The maximum Gasteiger partial charge on any atom is 0.337 e. The molecular weight excluding hydrogens is 223 g/mol. The number of esters is 1. The number of hydrogen-bond acceptors (Lipinski definition) is 4. The second kappa shape index (κ2) is 5.70. The SMILES string of the molecule is COC(=O)c1ccc(C)c(OO)c1.[V]. The summed E-state index contributed by atoms with van der Waals surface area (Å²) >= 11 is 0. The van der Waals surface area contributed by atoms with Gasteiger partial charge in [-0.2, -0.15) is 0 Å². The van der Waals surface area contributed by atoms with Crippen molar-refractivity contribution in [2.45, 2.75) is 6.92 Å². The van der Waals surface area contributed by atoms with E-state index < -0.39 is 5.97 Å². The molecular formula is C9H10O4V. The third kappa shape index (κ3) is 2.77. The van der Waals surface area contributed by atoms with Gasteiger partial charge in [-0.25, -0.2) is 10.1 Å². The number of benzene rings is 1. The van der Waals surface area contributed by atoms with Gasteiger partial charge in [-0.3, -0.25) is 0 Å². The Kier molecular flexibility index (Phi) is 5.31. The summed E-state index contributed by atoms with van der Waals surface area (Å²) in [6, 6.07) is 4.68. The van der Waals surface area contributed by atoms with Gasteiger partial charge in [0, 0.05) is 18.6 Å². The van der Waals surface area contributed by atoms with Gasteiger partial charge in [0.25, 0.3) is 0 Å². The van der Waals surface area contributed by atoms with Crippen LogP contribution in [0, 0.1) is 6.92 Å². The fourth-order valence-electron chi connectivity index (χ4n) is 0.943. The van der Waals surface area contributed by atoms with E-state index >= 15 is 0 Å². The molecule has 0 heterocycles. The zero-order valence-electron chi connectivity index (χ0n) is 7.85. The van der Waals surface area contributed by atoms with E-state index in [9.17, 15) is 4.79 Å². The third-order valence-corrected chi connectivity index (χ3v) is 1.71. The van der Waals surface area contributed by atoms with Crippen LogP contribution in [0.4, 0.5) is 0 Å². The molecule has 0 bridgehead atoms. The molecule has 1 aromatic rings. The van der Waals surface area contributed by atoms with Crippen molar-refractivity contribution in [3.63, 3.8) is 0 Å². The molecule has 0 unspecified atom stereocenters. The number of carbonyl (C=O) groups excluding carboxylic acids is 1. The predicted molar refractivity (Wildman–Crippen MR) is 45.8 cm³/mol. The zero-order valence-corrected chi connectivity index (χ0v) is 9.25. The Bertz CT molecular complexity index is 325. The summed E-state index contributed by atoms with van der Waals surface area (Å²) in [5.74, 6) is -0.207. The molecule has 5 heteroatoms. The fourth-order valence-corrected chi connectivity index (χ4v) is 0.943. The third-order valence-electron chi connectivity index (χ3n) is 1.71. The molecule has 0 aliphatic heterocycles. The summed E-state index contributed by atoms with van der Waals surface area (Å²) in [6.45, 7) is 1.76. The van der Waals surface area contributed by atoms with Crippen molar-refractivity contribution in [3.05, 3.63) is 29.3 Å².